The zero-order valence-electron chi connectivity index (χ0n) is 15.7. The highest BCUT2D eigenvalue weighted by Gasteiger charge is 2.19. The molecule has 2 aromatic rings. The largest absolute Gasteiger partial charge is 0.453 e. The molecule has 0 bridgehead atoms. The summed E-state index contributed by atoms with van der Waals surface area (Å²) < 4.78 is 15.5. The van der Waals surface area contributed by atoms with E-state index < -0.39 is 12.2 Å². The van der Waals surface area contributed by atoms with E-state index in [0.29, 0.717) is 31.2 Å². The van der Waals surface area contributed by atoms with Crippen molar-refractivity contribution in [2.75, 3.05) is 37.1 Å². The van der Waals surface area contributed by atoms with Gasteiger partial charge in [0.2, 0.25) is 0 Å². The number of ether oxygens (including phenoxy) is 3. The Hall–Kier alpha value is -3.06. The van der Waals surface area contributed by atoms with Gasteiger partial charge in [-0.3, -0.25) is 10.2 Å². The summed E-state index contributed by atoms with van der Waals surface area (Å²) in [6, 6.07) is 14.1. The molecule has 0 aromatic heterocycles. The predicted octanol–water partition coefficient (Wildman–Crippen LogP) is 4.22. The molecule has 0 aliphatic heterocycles. The van der Waals surface area contributed by atoms with Crippen LogP contribution in [-0.2, 0) is 9.47 Å². The van der Waals surface area contributed by atoms with Gasteiger partial charge < -0.3 is 14.2 Å². The lowest BCUT2D eigenvalue weighted by molar-refractivity contribution is 0.151. The third-order valence-electron chi connectivity index (χ3n) is 3.76. The summed E-state index contributed by atoms with van der Waals surface area (Å²) in [7, 11) is 1.28. The molecule has 7 heteroatoms. The van der Waals surface area contributed by atoms with Crippen molar-refractivity contribution in [1.82, 2.24) is 0 Å². The monoisotopic (exact) mass is 372 g/mol. The molecule has 0 fully saturated rings. The van der Waals surface area contributed by atoms with E-state index in [4.69, 9.17) is 9.47 Å². The van der Waals surface area contributed by atoms with E-state index in [1.54, 1.807) is 24.3 Å². The van der Waals surface area contributed by atoms with Crippen molar-refractivity contribution in [2.45, 2.75) is 13.8 Å². The molecule has 0 saturated carbocycles. The van der Waals surface area contributed by atoms with Gasteiger partial charge in [-0.1, -0.05) is 24.3 Å². The maximum absolute atomic E-state index is 12.8. The smallest absolute Gasteiger partial charge is 0.419 e. The molecule has 0 aliphatic carbocycles. The summed E-state index contributed by atoms with van der Waals surface area (Å²) in [5, 5.41) is 2.53. The SMILES string of the molecule is CCOCCN(C(=O)Oc1cccc(NC(=O)OC)c1)c1ccccc1C. The first-order valence-corrected chi connectivity index (χ1v) is 8.63. The lowest BCUT2D eigenvalue weighted by Gasteiger charge is -2.23. The van der Waals surface area contributed by atoms with Crippen molar-refractivity contribution < 1.29 is 23.8 Å². The standard InChI is InChI=1S/C20H24N2O5/c1-4-26-13-12-22(18-11-6-5-8-15(18)2)20(24)27-17-10-7-9-16(14-17)21-19(23)25-3/h5-11,14H,4,12-13H2,1-3H3,(H,21,23). The van der Waals surface area contributed by atoms with Crippen LogP contribution in [0.1, 0.15) is 12.5 Å². The quantitative estimate of drug-likeness (QED) is 0.737. The second-order valence-electron chi connectivity index (χ2n) is 5.65. The number of anilines is 2. The van der Waals surface area contributed by atoms with Gasteiger partial charge in [-0.25, -0.2) is 9.59 Å². The van der Waals surface area contributed by atoms with E-state index in [1.165, 1.54) is 12.0 Å². The number of amides is 2. The molecule has 7 nitrogen and oxygen atoms in total. The first kappa shape index (κ1) is 20.3. The van der Waals surface area contributed by atoms with Gasteiger partial charge in [0.15, 0.2) is 0 Å². The van der Waals surface area contributed by atoms with Crippen LogP contribution < -0.4 is 15.0 Å². The minimum Gasteiger partial charge on any atom is -0.453 e. The molecule has 1 N–H and O–H groups in total. The van der Waals surface area contributed by atoms with Crippen molar-refractivity contribution in [3.05, 3.63) is 54.1 Å². The van der Waals surface area contributed by atoms with E-state index in [9.17, 15) is 9.59 Å². The molecule has 0 unspecified atom stereocenters. The van der Waals surface area contributed by atoms with Crippen LogP contribution in [0.3, 0.4) is 0 Å². The van der Waals surface area contributed by atoms with Crippen LogP contribution in [0.25, 0.3) is 0 Å². The molecular formula is C20H24N2O5. The van der Waals surface area contributed by atoms with Crippen molar-refractivity contribution >= 4 is 23.6 Å². The lowest BCUT2D eigenvalue weighted by Crippen LogP contribution is -2.36. The number of hydrogen-bond acceptors (Lipinski definition) is 5. The van der Waals surface area contributed by atoms with E-state index in [1.807, 2.05) is 38.1 Å². The summed E-state index contributed by atoms with van der Waals surface area (Å²) in [4.78, 5) is 25.6. The molecule has 2 amide bonds. The van der Waals surface area contributed by atoms with Crippen LogP contribution in [0.5, 0.6) is 5.75 Å². The fraction of sp³-hybridized carbons (Fsp3) is 0.300. The fourth-order valence-electron chi connectivity index (χ4n) is 2.44. The molecule has 2 rings (SSSR count). The van der Waals surface area contributed by atoms with Crippen LogP contribution in [0.4, 0.5) is 21.0 Å². The van der Waals surface area contributed by atoms with Gasteiger partial charge >= 0.3 is 12.2 Å². The summed E-state index contributed by atoms with van der Waals surface area (Å²) in [5.74, 6) is 0.309. The van der Waals surface area contributed by atoms with Crippen molar-refractivity contribution in [2.24, 2.45) is 0 Å². The second-order valence-corrected chi connectivity index (χ2v) is 5.65. The van der Waals surface area contributed by atoms with E-state index >= 15 is 0 Å². The number of rotatable bonds is 7. The van der Waals surface area contributed by atoms with E-state index in [2.05, 4.69) is 10.1 Å². The molecule has 0 aliphatic rings. The number of nitrogens with zero attached hydrogens (tertiary/aromatic N) is 1. The number of nitrogens with one attached hydrogen (secondary N) is 1. The van der Waals surface area contributed by atoms with Crippen molar-refractivity contribution in [1.29, 1.82) is 0 Å². The number of carbonyl (C=O) groups excluding carboxylic acids is 2. The predicted molar refractivity (Wildman–Crippen MR) is 104 cm³/mol. The molecule has 0 saturated heterocycles. The number of carbonyl (C=O) groups is 2. The van der Waals surface area contributed by atoms with Crippen LogP contribution in [0.2, 0.25) is 0 Å². The minimum atomic E-state index is -0.600. The highest BCUT2D eigenvalue weighted by molar-refractivity contribution is 5.90. The Balaban J connectivity index is 2.17. The Morgan fingerprint density at radius 1 is 1.11 bits per heavy atom. The van der Waals surface area contributed by atoms with Gasteiger partial charge in [0.25, 0.3) is 0 Å². The van der Waals surface area contributed by atoms with Crippen molar-refractivity contribution in [3.8, 4) is 5.75 Å². The van der Waals surface area contributed by atoms with Crippen LogP contribution in [0.15, 0.2) is 48.5 Å². The average Bonchev–Trinajstić information content (AvgIpc) is 2.66. The lowest BCUT2D eigenvalue weighted by atomic mass is 10.2. The van der Waals surface area contributed by atoms with Crippen LogP contribution in [-0.4, -0.2) is 39.1 Å². The highest BCUT2D eigenvalue weighted by Crippen LogP contribution is 2.23. The minimum absolute atomic E-state index is 0.309. The number of aryl methyl sites for hydroxylation is 1. The van der Waals surface area contributed by atoms with Gasteiger partial charge in [0.05, 0.1) is 25.9 Å². The first-order chi connectivity index (χ1) is 13.0. The van der Waals surface area contributed by atoms with Gasteiger partial charge in [0, 0.05) is 18.4 Å². The summed E-state index contributed by atoms with van der Waals surface area (Å²) in [6.45, 7) is 5.15. The summed E-state index contributed by atoms with van der Waals surface area (Å²) in [5.41, 5.74) is 2.17. The number of para-hydroxylation sites is 1. The van der Waals surface area contributed by atoms with Crippen LogP contribution in [0, 0.1) is 6.92 Å². The number of hydrogen-bond donors (Lipinski definition) is 1. The second kappa shape index (κ2) is 10.2. The maximum atomic E-state index is 12.8. The summed E-state index contributed by atoms with van der Waals surface area (Å²) in [6.07, 6.45) is -1.13. The third kappa shape index (κ3) is 6.00. The van der Waals surface area contributed by atoms with Crippen LogP contribution >= 0.6 is 0 Å². The zero-order valence-corrected chi connectivity index (χ0v) is 15.7. The third-order valence-corrected chi connectivity index (χ3v) is 3.76. The molecule has 144 valence electrons. The zero-order chi connectivity index (χ0) is 19.6. The van der Waals surface area contributed by atoms with E-state index in [-0.39, 0.29) is 0 Å². The first-order valence-electron chi connectivity index (χ1n) is 8.63. The molecule has 0 atom stereocenters. The molecule has 0 spiro atoms. The normalized spacial score (nSPS) is 10.2. The fourth-order valence-corrected chi connectivity index (χ4v) is 2.44. The van der Waals surface area contributed by atoms with Gasteiger partial charge in [-0.15, -0.1) is 0 Å². The Morgan fingerprint density at radius 3 is 2.59 bits per heavy atom. The van der Waals surface area contributed by atoms with Gasteiger partial charge in [-0.2, -0.15) is 0 Å². The summed E-state index contributed by atoms with van der Waals surface area (Å²) >= 11 is 0. The molecular weight excluding hydrogens is 348 g/mol. The maximum Gasteiger partial charge on any atom is 0.419 e. The molecule has 2 aromatic carbocycles. The Labute approximate surface area is 158 Å². The Bertz CT molecular complexity index is 778. The van der Waals surface area contributed by atoms with E-state index in [0.717, 1.165) is 11.3 Å². The Morgan fingerprint density at radius 2 is 1.89 bits per heavy atom. The number of methoxy groups -OCH3 is 1. The molecule has 0 heterocycles. The topological polar surface area (TPSA) is 77.1 Å². The van der Waals surface area contributed by atoms with Crippen molar-refractivity contribution in [3.63, 3.8) is 0 Å². The molecule has 27 heavy (non-hydrogen) atoms. The highest BCUT2D eigenvalue weighted by atomic mass is 16.6. The van der Waals surface area contributed by atoms with Gasteiger partial charge in [-0.05, 0) is 37.6 Å². The average molecular weight is 372 g/mol. The van der Waals surface area contributed by atoms with Gasteiger partial charge in [0.1, 0.15) is 5.75 Å². The Kier molecular flexibility index (Phi) is 7.63. The molecule has 0 radical (unpaired) electrons. The number of benzene rings is 2.